The van der Waals surface area contributed by atoms with E-state index in [0.717, 1.165) is 35.1 Å². The van der Waals surface area contributed by atoms with Crippen molar-refractivity contribution in [2.45, 2.75) is 68.2 Å². The topological polar surface area (TPSA) is 23.8 Å². The SMILES string of the molecule is C=C/C(C)=C/C=C(C)/C(C)=C/C(CC(=C)C)=C(\C)c1ccc(/C(C)=C(/C=C(\C)C#N)CC(=C)C)s1. The highest BCUT2D eigenvalue weighted by Crippen LogP contribution is 2.35. The molecule has 0 amide bonds. The van der Waals surface area contributed by atoms with Gasteiger partial charge in [0.05, 0.1) is 6.07 Å². The Morgan fingerprint density at radius 3 is 1.71 bits per heavy atom. The van der Waals surface area contributed by atoms with E-state index in [4.69, 9.17) is 0 Å². The maximum absolute atomic E-state index is 9.27. The summed E-state index contributed by atoms with van der Waals surface area (Å²) in [5, 5.41) is 9.27. The van der Waals surface area contributed by atoms with E-state index in [1.807, 2.05) is 26.0 Å². The molecule has 1 rings (SSSR count). The monoisotopic (exact) mass is 483 g/mol. The van der Waals surface area contributed by atoms with Crippen LogP contribution in [-0.4, -0.2) is 0 Å². The first-order chi connectivity index (χ1) is 16.4. The maximum Gasteiger partial charge on any atom is 0.0944 e. The number of hydrogen-bond acceptors (Lipinski definition) is 2. The highest BCUT2D eigenvalue weighted by molar-refractivity contribution is 7.14. The smallest absolute Gasteiger partial charge is 0.0944 e. The van der Waals surface area contributed by atoms with Crippen molar-refractivity contribution in [2.75, 3.05) is 0 Å². The van der Waals surface area contributed by atoms with Gasteiger partial charge in [-0.1, -0.05) is 60.8 Å². The van der Waals surface area contributed by atoms with Crippen molar-refractivity contribution in [1.29, 1.82) is 5.26 Å². The molecule has 0 aromatic carbocycles. The van der Waals surface area contributed by atoms with E-state index < -0.39 is 0 Å². The predicted molar refractivity (Wildman–Crippen MR) is 159 cm³/mol. The molecular formula is C33H41NS. The van der Waals surface area contributed by atoms with Crippen molar-refractivity contribution in [3.05, 3.63) is 117 Å². The molecule has 0 saturated heterocycles. The second-order valence-corrected chi connectivity index (χ2v) is 10.5. The summed E-state index contributed by atoms with van der Waals surface area (Å²) in [7, 11) is 0. The van der Waals surface area contributed by atoms with Crippen LogP contribution in [0.1, 0.15) is 78.0 Å². The van der Waals surface area contributed by atoms with Gasteiger partial charge in [-0.05, 0) is 120 Å². The number of nitriles is 1. The average molecular weight is 484 g/mol. The van der Waals surface area contributed by atoms with Crippen molar-refractivity contribution >= 4 is 22.5 Å². The Labute approximate surface area is 218 Å². The third-order valence-corrected chi connectivity index (χ3v) is 7.12. The molecule has 0 N–H and O–H groups in total. The number of rotatable bonds is 11. The highest BCUT2D eigenvalue weighted by Gasteiger charge is 2.11. The lowest BCUT2D eigenvalue weighted by Gasteiger charge is -2.11. The lowest BCUT2D eigenvalue weighted by molar-refractivity contribution is 1.15. The second kappa shape index (κ2) is 14.3. The summed E-state index contributed by atoms with van der Waals surface area (Å²) >= 11 is 1.80. The molecule has 0 bridgehead atoms. The van der Waals surface area contributed by atoms with Gasteiger partial charge in [-0.15, -0.1) is 11.3 Å². The first kappa shape index (κ1) is 29.9. The third kappa shape index (κ3) is 9.93. The molecule has 0 spiro atoms. The summed E-state index contributed by atoms with van der Waals surface area (Å²) in [5.74, 6) is 0. The fourth-order valence-electron chi connectivity index (χ4n) is 3.42. The van der Waals surface area contributed by atoms with E-state index in [2.05, 4.69) is 97.7 Å². The molecule has 0 aliphatic rings. The zero-order valence-electron chi connectivity index (χ0n) is 22.9. The van der Waals surface area contributed by atoms with E-state index >= 15 is 0 Å². The van der Waals surface area contributed by atoms with Gasteiger partial charge in [0.15, 0.2) is 0 Å². The number of nitrogens with zero attached hydrogens (tertiary/aromatic N) is 1. The van der Waals surface area contributed by atoms with Crippen LogP contribution in [0.5, 0.6) is 0 Å². The Morgan fingerprint density at radius 1 is 0.800 bits per heavy atom. The molecule has 1 aromatic rings. The van der Waals surface area contributed by atoms with Crippen molar-refractivity contribution in [2.24, 2.45) is 0 Å². The highest BCUT2D eigenvalue weighted by atomic mass is 32.1. The lowest BCUT2D eigenvalue weighted by Crippen LogP contribution is -1.90. The summed E-state index contributed by atoms with van der Waals surface area (Å²) in [6.45, 7) is 28.7. The van der Waals surface area contributed by atoms with Crippen molar-refractivity contribution in [1.82, 2.24) is 0 Å². The van der Waals surface area contributed by atoms with E-state index in [-0.39, 0.29) is 0 Å². The van der Waals surface area contributed by atoms with E-state index in [0.29, 0.717) is 5.57 Å². The average Bonchev–Trinajstić information content (AvgIpc) is 3.29. The molecule has 184 valence electrons. The Bertz CT molecular complexity index is 1210. The van der Waals surface area contributed by atoms with Crippen LogP contribution in [0.4, 0.5) is 0 Å². The molecule has 1 aromatic heterocycles. The van der Waals surface area contributed by atoms with E-state index in [1.165, 1.54) is 37.6 Å². The minimum atomic E-state index is 0.708. The second-order valence-electron chi connectivity index (χ2n) is 9.46. The molecule has 0 fully saturated rings. The van der Waals surface area contributed by atoms with E-state index in [1.54, 1.807) is 11.3 Å². The molecule has 2 heteroatoms. The largest absolute Gasteiger partial charge is 0.193 e. The minimum absolute atomic E-state index is 0.708. The van der Waals surface area contributed by atoms with Gasteiger partial charge in [-0.25, -0.2) is 0 Å². The Morgan fingerprint density at radius 2 is 1.29 bits per heavy atom. The quantitative estimate of drug-likeness (QED) is 0.174. The Hall–Kier alpha value is -3.15. The normalized spacial score (nSPS) is 14.7. The van der Waals surface area contributed by atoms with Crippen LogP contribution < -0.4 is 0 Å². The van der Waals surface area contributed by atoms with E-state index in [9.17, 15) is 5.26 Å². The number of hydrogen-bond donors (Lipinski definition) is 0. The molecule has 0 radical (unpaired) electrons. The molecule has 0 saturated carbocycles. The zero-order chi connectivity index (χ0) is 26.7. The molecule has 1 heterocycles. The molecule has 0 aliphatic heterocycles. The van der Waals surface area contributed by atoms with Crippen molar-refractivity contribution < 1.29 is 0 Å². The molecule has 0 atom stereocenters. The summed E-state index contributed by atoms with van der Waals surface area (Å²) in [6, 6.07) is 6.64. The third-order valence-electron chi connectivity index (χ3n) is 5.79. The van der Waals surface area contributed by atoms with Crippen LogP contribution >= 0.6 is 11.3 Å². The Kier molecular flexibility index (Phi) is 12.2. The predicted octanol–water partition coefficient (Wildman–Crippen LogP) is 10.7. The first-order valence-corrected chi connectivity index (χ1v) is 12.7. The first-order valence-electron chi connectivity index (χ1n) is 11.9. The Balaban J connectivity index is 3.56. The molecular weight excluding hydrogens is 442 g/mol. The van der Waals surface area contributed by atoms with Gasteiger partial charge in [0.1, 0.15) is 0 Å². The zero-order valence-corrected chi connectivity index (χ0v) is 23.7. The molecule has 35 heavy (non-hydrogen) atoms. The van der Waals surface area contributed by atoms with Crippen LogP contribution in [0.3, 0.4) is 0 Å². The minimum Gasteiger partial charge on any atom is -0.193 e. The summed E-state index contributed by atoms with van der Waals surface area (Å²) < 4.78 is 0. The summed E-state index contributed by atoms with van der Waals surface area (Å²) in [5.41, 5.74) is 11.4. The standard InChI is InChI=1S/C33H41NS/c1-12-24(6)13-14-26(8)27(9)20-31(18-23(4)5)29(11)33-16-15-32(35-33)28(10)30(17-22(2)3)19-25(7)21-34/h12-16,19-20H,1-2,4,17-18H2,3,5-11H3/b24-13+,25-19+,26-14+,27-20+,30-28+,31-29+. The molecule has 1 nitrogen and oxygen atoms in total. The maximum atomic E-state index is 9.27. The number of allylic oxidation sites excluding steroid dienone is 15. The summed E-state index contributed by atoms with van der Waals surface area (Å²) in [6.07, 6.45) is 12.0. The molecule has 0 unspecified atom stereocenters. The van der Waals surface area contributed by atoms with Crippen LogP contribution in [0.2, 0.25) is 0 Å². The van der Waals surface area contributed by atoms with Crippen LogP contribution in [0, 0.1) is 11.3 Å². The van der Waals surface area contributed by atoms with Gasteiger partial charge in [0.2, 0.25) is 0 Å². The lowest BCUT2D eigenvalue weighted by atomic mass is 9.96. The van der Waals surface area contributed by atoms with Gasteiger partial charge < -0.3 is 0 Å². The van der Waals surface area contributed by atoms with Gasteiger partial charge in [0.25, 0.3) is 0 Å². The van der Waals surface area contributed by atoms with Gasteiger partial charge >= 0.3 is 0 Å². The van der Waals surface area contributed by atoms with Crippen molar-refractivity contribution in [3.63, 3.8) is 0 Å². The van der Waals surface area contributed by atoms with Crippen LogP contribution in [0.15, 0.2) is 107 Å². The fourth-order valence-corrected chi connectivity index (χ4v) is 4.49. The van der Waals surface area contributed by atoms with Gasteiger partial charge in [0, 0.05) is 15.3 Å². The van der Waals surface area contributed by atoms with Gasteiger partial charge in [-0.2, -0.15) is 5.26 Å². The molecule has 0 aliphatic carbocycles. The van der Waals surface area contributed by atoms with Crippen LogP contribution in [0.25, 0.3) is 11.1 Å². The fraction of sp³-hybridized carbons (Fsp3) is 0.303. The van der Waals surface area contributed by atoms with Crippen LogP contribution in [-0.2, 0) is 0 Å². The summed E-state index contributed by atoms with van der Waals surface area (Å²) in [4.78, 5) is 2.47. The van der Waals surface area contributed by atoms with Crippen molar-refractivity contribution in [3.8, 4) is 6.07 Å². The number of thiophene rings is 1. The van der Waals surface area contributed by atoms with Gasteiger partial charge in [-0.3, -0.25) is 0 Å².